The lowest BCUT2D eigenvalue weighted by Crippen LogP contribution is -2.15. The number of aryl methyl sites for hydroxylation is 1. The zero-order valence-corrected chi connectivity index (χ0v) is 14.9. The van der Waals surface area contributed by atoms with Crippen LogP contribution in [0.2, 0.25) is 0 Å². The first-order chi connectivity index (χ1) is 12.7. The van der Waals surface area contributed by atoms with Gasteiger partial charge in [-0.05, 0) is 31.0 Å². The van der Waals surface area contributed by atoms with Gasteiger partial charge in [0, 0.05) is 30.0 Å². The molecule has 0 atom stereocenters. The molecule has 0 spiro atoms. The fourth-order valence-corrected chi connectivity index (χ4v) is 3.63. The standard InChI is InChI=1S/C18H16N4O3S/c1-22-16(20-17(23)10-2-3-10)7-12(21-22)18-19-13(8-26-18)11-4-5-14-15(6-11)25-9-24-14/h4-8,10H,2-3,9H2,1H3,(H,20,23). The Balaban J connectivity index is 1.40. The number of hydrogen-bond donors (Lipinski definition) is 1. The molecule has 1 aliphatic heterocycles. The maximum absolute atomic E-state index is 12.0. The lowest BCUT2D eigenvalue weighted by Gasteiger charge is -2.02. The van der Waals surface area contributed by atoms with E-state index in [0.717, 1.165) is 46.3 Å². The van der Waals surface area contributed by atoms with Crippen molar-refractivity contribution < 1.29 is 14.3 Å². The predicted molar refractivity (Wildman–Crippen MR) is 97.2 cm³/mol. The number of aromatic nitrogens is 3. The van der Waals surface area contributed by atoms with Gasteiger partial charge in [0.15, 0.2) is 11.5 Å². The van der Waals surface area contributed by atoms with Gasteiger partial charge in [-0.25, -0.2) is 4.98 Å². The van der Waals surface area contributed by atoms with Crippen molar-refractivity contribution in [1.82, 2.24) is 14.8 Å². The van der Waals surface area contributed by atoms with E-state index in [1.54, 1.807) is 4.68 Å². The molecule has 132 valence electrons. The second-order valence-electron chi connectivity index (χ2n) is 6.41. The number of nitrogens with zero attached hydrogens (tertiary/aromatic N) is 3. The zero-order chi connectivity index (χ0) is 17.7. The number of rotatable bonds is 4. The molecular formula is C18H16N4O3S. The number of ether oxygens (including phenoxy) is 2. The van der Waals surface area contributed by atoms with Crippen LogP contribution in [-0.4, -0.2) is 27.5 Å². The van der Waals surface area contributed by atoms with Crippen molar-refractivity contribution in [1.29, 1.82) is 0 Å². The summed E-state index contributed by atoms with van der Waals surface area (Å²) in [5.41, 5.74) is 2.57. The van der Waals surface area contributed by atoms with Gasteiger partial charge in [-0.3, -0.25) is 9.48 Å². The van der Waals surface area contributed by atoms with Crippen molar-refractivity contribution in [2.75, 3.05) is 12.1 Å². The summed E-state index contributed by atoms with van der Waals surface area (Å²) < 4.78 is 12.5. The van der Waals surface area contributed by atoms with Gasteiger partial charge in [0.1, 0.15) is 16.5 Å². The SMILES string of the molecule is Cn1nc(-c2nc(-c3ccc4c(c3)OCO4)cs2)cc1NC(=O)C1CC1. The van der Waals surface area contributed by atoms with Gasteiger partial charge in [-0.1, -0.05) is 0 Å². The second kappa shape index (κ2) is 5.84. The summed E-state index contributed by atoms with van der Waals surface area (Å²) in [5.74, 6) is 2.41. The average molecular weight is 368 g/mol. The Morgan fingerprint density at radius 2 is 2.08 bits per heavy atom. The maximum Gasteiger partial charge on any atom is 0.231 e. The third-order valence-electron chi connectivity index (χ3n) is 4.47. The number of carbonyl (C=O) groups is 1. The molecule has 1 aromatic carbocycles. The van der Waals surface area contributed by atoms with Gasteiger partial charge in [-0.2, -0.15) is 5.10 Å². The predicted octanol–water partition coefficient (Wildman–Crippen LogP) is 3.29. The third-order valence-corrected chi connectivity index (χ3v) is 5.34. The molecule has 0 unspecified atom stereocenters. The van der Waals surface area contributed by atoms with Crippen LogP contribution in [-0.2, 0) is 11.8 Å². The number of fused-ring (bicyclic) bond motifs is 1. The van der Waals surface area contributed by atoms with E-state index < -0.39 is 0 Å². The van der Waals surface area contributed by atoms with E-state index in [0.29, 0.717) is 5.82 Å². The van der Waals surface area contributed by atoms with Crippen LogP contribution in [0, 0.1) is 5.92 Å². The Bertz CT molecular complexity index is 1010. The van der Waals surface area contributed by atoms with Crippen LogP contribution in [0.4, 0.5) is 5.82 Å². The summed E-state index contributed by atoms with van der Waals surface area (Å²) in [6.45, 7) is 0.254. The molecule has 5 rings (SSSR count). The summed E-state index contributed by atoms with van der Waals surface area (Å²) in [6.07, 6.45) is 1.95. The lowest BCUT2D eigenvalue weighted by molar-refractivity contribution is -0.117. The lowest BCUT2D eigenvalue weighted by atomic mass is 10.1. The summed E-state index contributed by atoms with van der Waals surface area (Å²) in [7, 11) is 1.82. The molecule has 1 aliphatic carbocycles. The van der Waals surface area contributed by atoms with Crippen LogP contribution in [0.25, 0.3) is 22.0 Å². The second-order valence-corrected chi connectivity index (χ2v) is 7.27. The first-order valence-electron chi connectivity index (χ1n) is 8.38. The van der Waals surface area contributed by atoms with Crippen LogP contribution in [0.15, 0.2) is 29.6 Å². The van der Waals surface area contributed by atoms with E-state index in [9.17, 15) is 4.79 Å². The molecule has 0 bridgehead atoms. The molecule has 1 amide bonds. The summed E-state index contributed by atoms with van der Waals surface area (Å²) >= 11 is 1.52. The number of anilines is 1. The molecule has 26 heavy (non-hydrogen) atoms. The van der Waals surface area contributed by atoms with Crippen molar-refractivity contribution >= 4 is 23.1 Å². The number of nitrogens with one attached hydrogen (secondary N) is 1. The van der Waals surface area contributed by atoms with Crippen LogP contribution in [0.5, 0.6) is 11.5 Å². The fraction of sp³-hybridized carbons (Fsp3) is 0.278. The number of carbonyl (C=O) groups excluding carboxylic acids is 1. The van der Waals surface area contributed by atoms with E-state index in [1.807, 2.05) is 36.7 Å². The van der Waals surface area contributed by atoms with Crippen molar-refractivity contribution in [2.45, 2.75) is 12.8 Å². The normalized spacial score (nSPS) is 15.3. The molecule has 8 heteroatoms. The number of hydrogen-bond acceptors (Lipinski definition) is 6. The van der Waals surface area contributed by atoms with Gasteiger partial charge in [-0.15, -0.1) is 11.3 Å². The minimum absolute atomic E-state index is 0.0692. The molecule has 2 aliphatic rings. The van der Waals surface area contributed by atoms with Gasteiger partial charge in [0.05, 0.1) is 5.69 Å². The van der Waals surface area contributed by atoms with E-state index in [2.05, 4.69) is 10.4 Å². The van der Waals surface area contributed by atoms with E-state index in [1.165, 1.54) is 11.3 Å². The third kappa shape index (κ3) is 2.72. The molecule has 0 saturated heterocycles. The Hall–Kier alpha value is -2.87. The van der Waals surface area contributed by atoms with Crippen molar-refractivity contribution in [3.8, 4) is 33.5 Å². The fourth-order valence-electron chi connectivity index (χ4n) is 2.84. The molecule has 0 radical (unpaired) electrons. The number of amides is 1. The van der Waals surface area contributed by atoms with Gasteiger partial charge >= 0.3 is 0 Å². The molecule has 3 heterocycles. The Morgan fingerprint density at radius 1 is 1.23 bits per heavy atom. The highest BCUT2D eigenvalue weighted by Crippen LogP contribution is 2.37. The van der Waals surface area contributed by atoms with Crippen LogP contribution < -0.4 is 14.8 Å². The quantitative estimate of drug-likeness (QED) is 0.765. The largest absolute Gasteiger partial charge is 0.454 e. The number of thiazole rings is 1. The maximum atomic E-state index is 12.0. The molecular weight excluding hydrogens is 352 g/mol. The van der Waals surface area contributed by atoms with E-state index in [-0.39, 0.29) is 18.6 Å². The molecule has 3 aromatic rings. The highest BCUT2D eigenvalue weighted by Gasteiger charge is 2.30. The molecule has 1 fully saturated rings. The summed E-state index contributed by atoms with van der Waals surface area (Å²) in [6, 6.07) is 7.65. The smallest absolute Gasteiger partial charge is 0.231 e. The average Bonchev–Trinajstić information content (AvgIpc) is 3.05. The minimum atomic E-state index is 0.0692. The Kier molecular flexibility index (Phi) is 3.46. The summed E-state index contributed by atoms with van der Waals surface area (Å²) in [5, 5.41) is 10.2. The van der Waals surface area contributed by atoms with E-state index >= 15 is 0 Å². The highest BCUT2D eigenvalue weighted by atomic mass is 32.1. The first kappa shape index (κ1) is 15.4. The van der Waals surface area contributed by atoms with Gasteiger partial charge in [0.25, 0.3) is 0 Å². The van der Waals surface area contributed by atoms with Crippen LogP contribution >= 0.6 is 11.3 Å². The Morgan fingerprint density at radius 3 is 2.92 bits per heavy atom. The monoisotopic (exact) mass is 368 g/mol. The topological polar surface area (TPSA) is 78.3 Å². The van der Waals surface area contributed by atoms with Gasteiger partial charge < -0.3 is 14.8 Å². The minimum Gasteiger partial charge on any atom is -0.454 e. The zero-order valence-electron chi connectivity index (χ0n) is 14.1. The molecule has 1 N–H and O–H groups in total. The highest BCUT2D eigenvalue weighted by molar-refractivity contribution is 7.13. The Labute approximate surface area is 153 Å². The number of benzene rings is 1. The van der Waals surface area contributed by atoms with Crippen LogP contribution in [0.1, 0.15) is 12.8 Å². The van der Waals surface area contributed by atoms with Gasteiger partial charge in [0.2, 0.25) is 12.7 Å². The van der Waals surface area contributed by atoms with Crippen molar-refractivity contribution in [2.24, 2.45) is 13.0 Å². The first-order valence-corrected chi connectivity index (χ1v) is 9.26. The van der Waals surface area contributed by atoms with Crippen molar-refractivity contribution in [3.05, 3.63) is 29.6 Å². The van der Waals surface area contributed by atoms with Crippen molar-refractivity contribution in [3.63, 3.8) is 0 Å². The molecule has 2 aromatic heterocycles. The summed E-state index contributed by atoms with van der Waals surface area (Å²) in [4.78, 5) is 16.7. The van der Waals surface area contributed by atoms with Crippen LogP contribution in [0.3, 0.4) is 0 Å². The molecule has 1 saturated carbocycles. The van der Waals surface area contributed by atoms with E-state index in [4.69, 9.17) is 14.5 Å². The molecule has 7 nitrogen and oxygen atoms in total.